The van der Waals surface area contributed by atoms with Crippen LogP contribution >= 0.6 is 15.9 Å². The number of fused-ring (bicyclic) bond motifs is 1. The highest BCUT2D eigenvalue weighted by Gasteiger charge is 2.47. The molecule has 3 rings (SSSR count). The van der Waals surface area contributed by atoms with Crippen LogP contribution in [0.5, 0.6) is 5.75 Å². The Morgan fingerprint density at radius 3 is 2.56 bits per heavy atom. The minimum Gasteiger partial charge on any atom is -0.488 e. The lowest BCUT2D eigenvalue weighted by Crippen LogP contribution is -2.49. The third-order valence-electron chi connectivity index (χ3n) is 4.21. The van der Waals surface area contributed by atoms with E-state index in [0.717, 1.165) is 16.0 Å². The van der Waals surface area contributed by atoms with E-state index in [2.05, 4.69) is 15.9 Å². The molecule has 6 heteroatoms. The summed E-state index contributed by atoms with van der Waals surface area (Å²) >= 11 is 3.12. The molecule has 0 spiro atoms. The molecular weight excluding hydrogens is 413 g/mol. The minimum atomic E-state index is -2.20. The highest BCUT2D eigenvalue weighted by Crippen LogP contribution is 2.47. The van der Waals surface area contributed by atoms with E-state index in [1.807, 2.05) is 42.5 Å². The van der Waals surface area contributed by atoms with Crippen molar-refractivity contribution in [3.05, 3.63) is 65.2 Å². The highest BCUT2D eigenvalue weighted by atomic mass is 79.9. The molecule has 4 nitrogen and oxygen atoms in total. The fourth-order valence-electron chi connectivity index (χ4n) is 3.01. The molecule has 1 amide bonds. The largest absolute Gasteiger partial charge is 0.488 e. The molecular formula is C21H23BrFNO3. The number of halogens is 2. The van der Waals surface area contributed by atoms with Gasteiger partial charge in [0.25, 0.3) is 4.70 Å². The first kappa shape index (κ1) is 19.7. The molecule has 0 fully saturated rings. The van der Waals surface area contributed by atoms with Gasteiger partial charge in [0.2, 0.25) is 0 Å². The molecule has 1 aliphatic heterocycles. The number of carbonyl (C=O) groups is 1. The summed E-state index contributed by atoms with van der Waals surface area (Å²) in [6.45, 7) is 5.79. The van der Waals surface area contributed by atoms with Gasteiger partial charge >= 0.3 is 6.09 Å². The molecule has 0 N–H and O–H groups in total. The van der Waals surface area contributed by atoms with Gasteiger partial charge in [-0.25, -0.2) is 9.18 Å². The molecule has 1 heterocycles. The molecule has 0 aliphatic carbocycles. The van der Waals surface area contributed by atoms with Crippen molar-refractivity contribution in [1.29, 1.82) is 0 Å². The van der Waals surface area contributed by atoms with Crippen molar-refractivity contribution in [3.8, 4) is 5.75 Å². The SMILES string of the molecule is CC(C)(C)OC(=O)N1CCc2cccc(OCc3ccccc3)c2C1(F)Br. The van der Waals surface area contributed by atoms with Crippen molar-refractivity contribution in [1.82, 2.24) is 4.90 Å². The molecule has 144 valence electrons. The summed E-state index contributed by atoms with van der Waals surface area (Å²) in [6, 6.07) is 15.1. The Labute approximate surface area is 167 Å². The summed E-state index contributed by atoms with van der Waals surface area (Å²) < 4.78 is 24.9. The lowest BCUT2D eigenvalue weighted by atomic mass is 9.98. The first-order valence-electron chi connectivity index (χ1n) is 8.86. The highest BCUT2D eigenvalue weighted by molar-refractivity contribution is 9.09. The van der Waals surface area contributed by atoms with Crippen molar-refractivity contribution in [2.45, 2.75) is 44.1 Å². The Bertz CT molecular complexity index is 818. The van der Waals surface area contributed by atoms with E-state index in [1.54, 1.807) is 26.8 Å². The van der Waals surface area contributed by atoms with E-state index in [4.69, 9.17) is 9.47 Å². The van der Waals surface area contributed by atoms with Gasteiger partial charge in [0.1, 0.15) is 18.0 Å². The summed E-state index contributed by atoms with van der Waals surface area (Å²) in [5.41, 5.74) is 1.40. The van der Waals surface area contributed by atoms with Gasteiger partial charge < -0.3 is 9.47 Å². The topological polar surface area (TPSA) is 38.8 Å². The average molecular weight is 436 g/mol. The second kappa shape index (κ2) is 7.50. The van der Waals surface area contributed by atoms with Crippen LogP contribution in [-0.4, -0.2) is 23.1 Å². The number of ether oxygens (including phenoxy) is 2. The van der Waals surface area contributed by atoms with Gasteiger partial charge in [0.05, 0.1) is 5.56 Å². The Morgan fingerprint density at radius 2 is 1.89 bits per heavy atom. The molecule has 1 atom stereocenters. The lowest BCUT2D eigenvalue weighted by molar-refractivity contribution is -0.0170. The molecule has 0 bridgehead atoms. The van der Waals surface area contributed by atoms with Crippen LogP contribution in [0.3, 0.4) is 0 Å². The molecule has 0 saturated heterocycles. The van der Waals surface area contributed by atoms with Gasteiger partial charge in [0, 0.05) is 6.54 Å². The van der Waals surface area contributed by atoms with Gasteiger partial charge in [0.15, 0.2) is 0 Å². The second-order valence-corrected chi connectivity index (χ2v) is 8.54. The number of nitrogens with zero attached hydrogens (tertiary/aromatic N) is 1. The van der Waals surface area contributed by atoms with Crippen molar-refractivity contribution < 1.29 is 18.7 Å². The monoisotopic (exact) mass is 435 g/mol. The summed E-state index contributed by atoms with van der Waals surface area (Å²) in [5.74, 6) is 0.406. The Kier molecular flexibility index (Phi) is 5.47. The van der Waals surface area contributed by atoms with Gasteiger partial charge in [-0.15, -0.1) is 0 Å². The maximum Gasteiger partial charge on any atom is 0.413 e. The lowest BCUT2D eigenvalue weighted by Gasteiger charge is -2.39. The van der Waals surface area contributed by atoms with Crippen molar-refractivity contribution in [2.75, 3.05) is 6.54 Å². The number of carbonyl (C=O) groups excluding carboxylic acids is 1. The van der Waals surface area contributed by atoms with E-state index < -0.39 is 16.4 Å². The predicted molar refractivity (Wildman–Crippen MR) is 106 cm³/mol. The quantitative estimate of drug-likeness (QED) is 0.469. The number of benzene rings is 2. The molecule has 0 radical (unpaired) electrons. The van der Waals surface area contributed by atoms with E-state index in [9.17, 15) is 4.79 Å². The average Bonchev–Trinajstić information content (AvgIpc) is 2.59. The van der Waals surface area contributed by atoms with Crippen LogP contribution in [0.25, 0.3) is 0 Å². The molecule has 0 aromatic heterocycles. The number of rotatable bonds is 3. The van der Waals surface area contributed by atoms with Crippen molar-refractivity contribution in [2.24, 2.45) is 0 Å². The van der Waals surface area contributed by atoms with E-state index in [1.165, 1.54) is 0 Å². The van der Waals surface area contributed by atoms with Gasteiger partial charge in [-0.05, 0) is 60.3 Å². The van der Waals surface area contributed by atoms with Crippen LogP contribution in [0, 0.1) is 0 Å². The fourth-order valence-corrected chi connectivity index (χ4v) is 3.78. The number of alkyl halides is 2. The zero-order valence-electron chi connectivity index (χ0n) is 15.7. The first-order chi connectivity index (χ1) is 12.7. The van der Waals surface area contributed by atoms with Gasteiger partial charge in [-0.1, -0.05) is 42.5 Å². The Hall–Kier alpha value is -2.08. The number of hydrogen-bond acceptors (Lipinski definition) is 3. The third-order valence-corrected chi connectivity index (χ3v) is 5.03. The van der Waals surface area contributed by atoms with Gasteiger partial charge in [-0.2, -0.15) is 0 Å². The summed E-state index contributed by atoms with van der Waals surface area (Å²) in [4.78, 5) is 13.6. The number of hydrogen-bond donors (Lipinski definition) is 0. The van der Waals surface area contributed by atoms with Crippen molar-refractivity contribution in [3.63, 3.8) is 0 Å². The maximum atomic E-state index is 15.8. The van der Waals surface area contributed by atoms with Crippen LogP contribution in [0.1, 0.15) is 37.5 Å². The Morgan fingerprint density at radius 1 is 1.19 bits per heavy atom. The minimum absolute atomic E-state index is 0.214. The van der Waals surface area contributed by atoms with Gasteiger partial charge in [-0.3, -0.25) is 4.90 Å². The van der Waals surface area contributed by atoms with Crippen LogP contribution in [-0.2, 0) is 22.5 Å². The van der Waals surface area contributed by atoms with Crippen LogP contribution < -0.4 is 4.74 Å². The molecule has 0 saturated carbocycles. The van der Waals surface area contributed by atoms with Crippen LogP contribution in [0.2, 0.25) is 0 Å². The molecule has 1 unspecified atom stereocenters. The zero-order chi connectivity index (χ0) is 19.7. The first-order valence-corrected chi connectivity index (χ1v) is 9.65. The predicted octanol–water partition coefficient (Wildman–Crippen LogP) is 5.53. The Balaban J connectivity index is 1.88. The third kappa shape index (κ3) is 4.43. The van der Waals surface area contributed by atoms with Crippen LogP contribution in [0.4, 0.5) is 9.18 Å². The zero-order valence-corrected chi connectivity index (χ0v) is 17.3. The summed E-state index contributed by atoms with van der Waals surface area (Å²) in [6.07, 6.45) is -0.181. The normalized spacial score (nSPS) is 19.4. The summed E-state index contributed by atoms with van der Waals surface area (Å²) in [7, 11) is 0. The van der Waals surface area contributed by atoms with Crippen molar-refractivity contribution >= 4 is 22.0 Å². The van der Waals surface area contributed by atoms with Crippen LogP contribution in [0.15, 0.2) is 48.5 Å². The number of amides is 1. The smallest absolute Gasteiger partial charge is 0.413 e. The maximum absolute atomic E-state index is 15.8. The second-order valence-electron chi connectivity index (χ2n) is 7.49. The molecule has 1 aliphatic rings. The molecule has 2 aromatic carbocycles. The van der Waals surface area contributed by atoms with E-state index in [-0.39, 0.29) is 6.54 Å². The molecule has 27 heavy (non-hydrogen) atoms. The van der Waals surface area contributed by atoms with E-state index in [0.29, 0.717) is 24.3 Å². The fraction of sp³-hybridized carbons (Fsp3) is 0.381. The standard InChI is InChI=1S/C21H23BrFNO3/c1-20(2,3)27-19(25)24-13-12-16-10-7-11-17(18(16)21(24,22)23)26-14-15-8-5-4-6-9-15/h4-11H,12-14H2,1-3H3. The van der Waals surface area contributed by atoms with E-state index >= 15 is 4.39 Å². The molecule has 2 aromatic rings. The summed E-state index contributed by atoms with van der Waals surface area (Å²) in [5, 5.41) is 0.